The summed E-state index contributed by atoms with van der Waals surface area (Å²) in [7, 11) is 0. The molecule has 2 heterocycles. The van der Waals surface area contributed by atoms with Crippen LogP contribution >= 0.6 is 0 Å². The molecule has 0 spiro atoms. The lowest BCUT2D eigenvalue weighted by Gasteiger charge is -2.31. The number of hydrogen-bond acceptors (Lipinski definition) is 6. The van der Waals surface area contributed by atoms with Crippen LogP contribution in [-0.4, -0.2) is 69.4 Å². The van der Waals surface area contributed by atoms with Crippen molar-refractivity contribution in [1.82, 2.24) is 20.9 Å². The smallest absolute Gasteiger partial charge is 0.338 e. The van der Waals surface area contributed by atoms with Gasteiger partial charge in [0.05, 0.1) is 31.4 Å². The van der Waals surface area contributed by atoms with Crippen LogP contribution in [0.15, 0.2) is 29.5 Å². The zero-order chi connectivity index (χ0) is 21.5. The highest BCUT2D eigenvalue weighted by Gasteiger charge is 2.34. The Hall–Kier alpha value is -2.42. The van der Waals surface area contributed by atoms with Crippen LogP contribution in [0.2, 0.25) is 0 Å². The molecule has 0 bridgehead atoms. The number of amides is 2. The molecule has 8 nitrogen and oxygen atoms in total. The van der Waals surface area contributed by atoms with Crippen molar-refractivity contribution >= 4 is 12.0 Å². The normalized spacial score (nSPS) is 20.0. The van der Waals surface area contributed by atoms with Gasteiger partial charge in [0.15, 0.2) is 0 Å². The highest BCUT2D eigenvalue weighted by Crippen LogP contribution is 2.30. The maximum Gasteiger partial charge on any atom is 0.338 e. The van der Waals surface area contributed by atoms with E-state index in [0.29, 0.717) is 17.8 Å². The third kappa shape index (κ3) is 5.59. The number of esters is 1. The van der Waals surface area contributed by atoms with Crippen LogP contribution in [0.3, 0.4) is 0 Å². The number of morpholine rings is 1. The lowest BCUT2D eigenvalue weighted by molar-refractivity contribution is -0.139. The molecular weight excluding hydrogens is 384 g/mol. The standard InChI is InChI=1S/C22H32N4O4/c1-4-30-21(27)19-18(14-23-7-8-26-9-11-29-12-10-26)24-22(28)25-20(19)17-13-15(2)5-6-16(17)3/h5-6,13,20,23H,4,7-12,14H2,1-3H3,(H2,24,25,28). The molecule has 0 saturated carbocycles. The van der Waals surface area contributed by atoms with Crippen molar-refractivity contribution in [2.45, 2.75) is 26.8 Å². The molecule has 3 rings (SSSR count). The van der Waals surface area contributed by atoms with E-state index in [0.717, 1.165) is 56.1 Å². The average molecular weight is 417 g/mol. The minimum Gasteiger partial charge on any atom is -0.463 e. The first-order chi connectivity index (χ1) is 14.5. The SMILES string of the molecule is CCOC(=O)C1=C(CNCCN2CCOCC2)NC(=O)NC1c1cc(C)ccc1C. The van der Waals surface area contributed by atoms with Crippen LogP contribution < -0.4 is 16.0 Å². The summed E-state index contributed by atoms with van der Waals surface area (Å²) in [4.78, 5) is 27.6. The Morgan fingerprint density at radius 3 is 2.80 bits per heavy atom. The molecule has 1 fully saturated rings. The van der Waals surface area contributed by atoms with Crippen LogP contribution in [0.1, 0.15) is 29.7 Å². The molecular formula is C22H32N4O4. The Bertz CT molecular complexity index is 802. The number of hydrogen-bond donors (Lipinski definition) is 3. The fourth-order valence-corrected chi connectivity index (χ4v) is 3.79. The molecule has 1 aromatic rings. The number of carbonyl (C=O) groups excluding carboxylic acids is 2. The van der Waals surface area contributed by atoms with Crippen LogP contribution in [0.5, 0.6) is 0 Å². The first-order valence-electron chi connectivity index (χ1n) is 10.5. The number of benzene rings is 1. The maximum absolute atomic E-state index is 12.9. The molecule has 1 aromatic carbocycles. The van der Waals surface area contributed by atoms with Crippen molar-refractivity contribution in [3.05, 3.63) is 46.2 Å². The molecule has 1 saturated heterocycles. The molecule has 0 radical (unpaired) electrons. The summed E-state index contributed by atoms with van der Waals surface area (Å²) < 4.78 is 10.7. The van der Waals surface area contributed by atoms with Crippen molar-refractivity contribution in [3.8, 4) is 0 Å². The van der Waals surface area contributed by atoms with Crippen molar-refractivity contribution < 1.29 is 19.1 Å². The predicted octanol–water partition coefficient (Wildman–Crippen LogP) is 1.40. The quantitative estimate of drug-likeness (QED) is 0.438. The Labute approximate surface area is 178 Å². The van der Waals surface area contributed by atoms with E-state index in [1.165, 1.54) is 0 Å². The molecule has 8 heteroatoms. The third-order valence-electron chi connectivity index (χ3n) is 5.41. The van der Waals surface area contributed by atoms with Crippen LogP contribution in [0, 0.1) is 13.8 Å². The van der Waals surface area contributed by atoms with Crippen molar-refractivity contribution in [2.75, 3.05) is 52.5 Å². The molecule has 2 aliphatic rings. The molecule has 0 aromatic heterocycles. The van der Waals surface area contributed by atoms with Gasteiger partial charge in [0.2, 0.25) is 0 Å². The van der Waals surface area contributed by atoms with E-state index < -0.39 is 12.0 Å². The second-order valence-electron chi connectivity index (χ2n) is 7.64. The number of carbonyl (C=O) groups is 2. The number of aryl methyl sites for hydroxylation is 2. The second-order valence-corrected chi connectivity index (χ2v) is 7.64. The van der Waals surface area contributed by atoms with E-state index in [1.54, 1.807) is 6.92 Å². The van der Waals surface area contributed by atoms with Gasteiger partial charge in [-0.25, -0.2) is 9.59 Å². The number of rotatable bonds is 8. The van der Waals surface area contributed by atoms with E-state index in [9.17, 15) is 9.59 Å². The van der Waals surface area contributed by atoms with Gasteiger partial charge in [0.25, 0.3) is 0 Å². The van der Waals surface area contributed by atoms with E-state index in [1.807, 2.05) is 32.0 Å². The van der Waals surface area contributed by atoms with Gasteiger partial charge in [0.1, 0.15) is 0 Å². The average Bonchev–Trinajstić information content (AvgIpc) is 2.73. The largest absolute Gasteiger partial charge is 0.463 e. The van der Waals surface area contributed by atoms with E-state index in [4.69, 9.17) is 9.47 Å². The Morgan fingerprint density at radius 2 is 2.07 bits per heavy atom. The lowest BCUT2D eigenvalue weighted by atomic mass is 9.91. The highest BCUT2D eigenvalue weighted by molar-refractivity contribution is 5.95. The first kappa shape index (κ1) is 22.3. The second kappa shape index (κ2) is 10.6. The van der Waals surface area contributed by atoms with Gasteiger partial charge in [-0.1, -0.05) is 23.8 Å². The molecule has 164 valence electrons. The fourth-order valence-electron chi connectivity index (χ4n) is 3.79. The number of urea groups is 1. The summed E-state index contributed by atoms with van der Waals surface area (Å²) in [5, 5.41) is 9.07. The summed E-state index contributed by atoms with van der Waals surface area (Å²) in [6, 6.07) is 5.16. The maximum atomic E-state index is 12.9. The fraction of sp³-hybridized carbons (Fsp3) is 0.545. The topological polar surface area (TPSA) is 91.9 Å². The summed E-state index contributed by atoms with van der Waals surface area (Å²) in [5.74, 6) is -0.416. The number of nitrogens with one attached hydrogen (secondary N) is 3. The summed E-state index contributed by atoms with van der Waals surface area (Å²) >= 11 is 0. The zero-order valence-electron chi connectivity index (χ0n) is 18.0. The highest BCUT2D eigenvalue weighted by atomic mass is 16.5. The third-order valence-corrected chi connectivity index (χ3v) is 5.41. The zero-order valence-corrected chi connectivity index (χ0v) is 18.0. The molecule has 1 atom stereocenters. The van der Waals surface area contributed by atoms with E-state index in [-0.39, 0.29) is 12.6 Å². The predicted molar refractivity (Wildman–Crippen MR) is 114 cm³/mol. The lowest BCUT2D eigenvalue weighted by Crippen LogP contribution is -2.48. The number of nitrogens with zero attached hydrogens (tertiary/aromatic N) is 1. The summed E-state index contributed by atoms with van der Waals surface area (Å²) in [5.41, 5.74) is 3.99. The molecule has 3 N–H and O–H groups in total. The number of ether oxygens (including phenoxy) is 2. The molecule has 0 aliphatic carbocycles. The van der Waals surface area contributed by atoms with Gasteiger partial charge in [-0.15, -0.1) is 0 Å². The van der Waals surface area contributed by atoms with Crippen molar-refractivity contribution in [3.63, 3.8) is 0 Å². The first-order valence-corrected chi connectivity index (χ1v) is 10.5. The summed E-state index contributed by atoms with van der Waals surface area (Å²) in [6.07, 6.45) is 0. The Morgan fingerprint density at radius 1 is 1.30 bits per heavy atom. The van der Waals surface area contributed by atoms with Gasteiger partial charge in [0, 0.05) is 38.4 Å². The van der Waals surface area contributed by atoms with E-state index >= 15 is 0 Å². The van der Waals surface area contributed by atoms with Crippen molar-refractivity contribution in [1.29, 1.82) is 0 Å². The Balaban J connectivity index is 1.80. The molecule has 1 unspecified atom stereocenters. The summed E-state index contributed by atoms with van der Waals surface area (Å²) in [6.45, 7) is 11.4. The minimum absolute atomic E-state index is 0.271. The monoisotopic (exact) mass is 416 g/mol. The van der Waals surface area contributed by atoms with Gasteiger partial charge >= 0.3 is 12.0 Å². The van der Waals surface area contributed by atoms with Crippen LogP contribution in [0.25, 0.3) is 0 Å². The van der Waals surface area contributed by atoms with Crippen molar-refractivity contribution in [2.24, 2.45) is 0 Å². The van der Waals surface area contributed by atoms with Gasteiger partial charge in [-0.05, 0) is 31.9 Å². The minimum atomic E-state index is -0.547. The van der Waals surface area contributed by atoms with Crippen LogP contribution in [0.4, 0.5) is 4.79 Å². The van der Waals surface area contributed by atoms with Gasteiger partial charge in [-0.3, -0.25) is 4.90 Å². The molecule has 2 aliphatic heterocycles. The van der Waals surface area contributed by atoms with Gasteiger partial charge < -0.3 is 25.4 Å². The molecule has 2 amide bonds. The van der Waals surface area contributed by atoms with Crippen LogP contribution in [-0.2, 0) is 14.3 Å². The molecule has 30 heavy (non-hydrogen) atoms. The van der Waals surface area contributed by atoms with Gasteiger partial charge in [-0.2, -0.15) is 0 Å². The Kier molecular flexibility index (Phi) is 7.84. The van der Waals surface area contributed by atoms with E-state index in [2.05, 4.69) is 20.9 Å².